The van der Waals surface area contributed by atoms with Crippen LogP contribution in [0.1, 0.15) is 24.8 Å². The molecular formula is C13H17ClN2. The normalized spacial score (nSPS) is 28.5. The molecule has 0 aliphatic carbocycles. The van der Waals surface area contributed by atoms with E-state index in [9.17, 15) is 0 Å². The second kappa shape index (κ2) is 3.94. The number of benzene rings is 1. The third-order valence-electron chi connectivity index (χ3n) is 3.90. The van der Waals surface area contributed by atoms with E-state index in [0.29, 0.717) is 12.1 Å². The fourth-order valence-electron chi connectivity index (χ4n) is 3.12. The van der Waals surface area contributed by atoms with Crippen molar-refractivity contribution in [2.45, 2.75) is 37.8 Å². The zero-order valence-corrected chi connectivity index (χ0v) is 10.1. The van der Waals surface area contributed by atoms with Crippen molar-refractivity contribution in [1.82, 2.24) is 0 Å². The van der Waals surface area contributed by atoms with E-state index >= 15 is 0 Å². The first kappa shape index (κ1) is 10.4. The number of fused-ring (bicyclic) bond motifs is 3. The van der Waals surface area contributed by atoms with E-state index in [1.807, 2.05) is 12.1 Å². The number of aryl methyl sites for hydroxylation is 1. The monoisotopic (exact) mass is 236 g/mol. The number of nitrogens with zero attached hydrogens (tertiary/aromatic N) is 1. The van der Waals surface area contributed by atoms with Crippen LogP contribution in [0.4, 0.5) is 5.69 Å². The first-order chi connectivity index (χ1) is 7.77. The molecule has 2 atom stereocenters. The minimum atomic E-state index is 0.318. The Labute approximate surface area is 101 Å². The molecule has 86 valence electrons. The lowest BCUT2D eigenvalue weighted by atomic mass is 9.86. The molecule has 0 saturated carbocycles. The molecule has 0 spiro atoms. The van der Waals surface area contributed by atoms with Crippen molar-refractivity contribution in [1.29, 1.82) is 0 Å². The Kier molecular flexibility index (Phi) is 2.56. The van der Waals surface area contributed by atoms with Crippen LogP contribution in [0.5, 0.6) is 0 Å². The number of hydrogen-bond acceptors (Lipinski definition) is 2. The number of halogens is 1. The molecule has 0 bridgehead atoms. The van der Waals surface area contributed by atoms with Gasteiger partial charge in [0.05, 0.1) is 10.7 Å². The predicted octanol–water partition coefficient (Wildman–Crippen LogP) is 2.58. The van der Waals surface area contributed by atoms with Gasteiger partial charge in [0, 0.05) is 18.6 Å². The van der Waals surface area contributed by atoms with Gasteiger partial charge in [-0.05, 0) is 37.3 Å². The lowest BCUT2D eigenvalue weighted by Gasteiger charge is -2.45. The molecule has 16 heavy (non-hydrogen) atoms. The Bertz CT molecular complexity index is 405. The molecule has 2 aliphatic rings. The van der Waals surface area contributed by atoms with E-state index < -0.39 is 0 Å². The highest BCUT2D eigenvalue weighted by atomic mass is 35.5. The SMILES string of the molecule is NC1CCCN2c3c(Cl)cccc3CCC12. The Morgan fingerprint density at radius 3 is 3.06 bits per heavy atom. The van der Waals surface area contributed by atoms with Crippen LogP contribution in [0.25, 0.3) is 0 Å². The summed E-state index contributed by atoms with van der Waals surface area (Å²) in [6.45, 7) is 1.11. The van der Waals surface area contributed by atoms with Gasteiger partial charge in [0.25, 0.3) is 0 Å². The quantitative estimate of drug-likeness (QED) is 0.750. The van der Waals surface area contributed by atoms with Crippen LogP contribution in [0.3, 0.4) is 0 Å². The molecule has 2 nitrogen and oxygen atoms in total. The third kappa shape index (κ3) is 1.52. The highest BCUT2D eigenvalue weighted by Gasteiger charge is 2.34. The number of piperidine rings is 1. The van der Waals surface area contributed by atoms with E-state index in [4.69, 9.17) is 17.3 Å². The van der Waals surface area contributed by atoms with Gasteiger partial charge < -0.3 is 10.6 Å². The molecule has 1 saturated heterocycles. The lowest BCUT2D eigenvalue weighted by molar-refractivity contribution is 0.372. The largest absolute Gasteiger partial charge is 0.366 e. The molecule has 3 rings (SSSR count). The van der Waals surface area contributed by atoms with Gasteiger partial charge in [-0.2, -0.15) is 0 Å². The van der Waals surface area contributed by atoms with E-state index in [1.54, 1.807) is 0 Å². The van der Waals surface area contributed by atoms with Gasteiger partial charge in [0.15, 0.2) is 0 Å². The van der Waals surface area contributed by atoms with E-state index in [1.165, 1.54) is 24.1 Å². The lowest BCUT2D eigenvalue weighted by Crippen LogP contribution is -2.54. The molecular weight excluding hydrogens is 220 g/mol. The van der Waals surface area contributed by atoms with Crippen LogP contribution in [-0.2, 0) is 6.42 Å². The number of para-hydroxylation sites is 1. The Hall–Kier alpha value is -0.730. The summed E-state index contributed by atoms with van der Waals surface area (Å²) in [5, 5.41) is 0.885. The fraction of sp³-hybridized carbons (Fsp3) is 0.538. The van der Waals surface area contributed by atoms with Crippen molar-refractivity contribution in [2.24, 2.45) is 5.73 Å². The molecule has 0 aromatic heterocycles. The van der Waals surface area contributed by atoms with Crippen LogP contribution in [-0.4, -0.2) is 18.6 Å². The summed E-state index contributed by atoms with van der Waals surface area (Å²) >= 11 is 6.33. The second-order valence-corrected chi connectivity index (χ2v) is 5.26. The fourth-order valence-corrected chi connectivity index (χ4v) is 3.42. The van der Waals surface area contributed by atoms with E-state index in [2.05, 4.69) is 11.0 Å². The summed E-state index contributed by atoms with van der Waals surface area (Å²) in [6, 6.07) is 7.05. The maximum absolute atomic E-state index is 6.33. The average Bonchev–Trinajstić information content (AvgIpc) is 2.29. The highest BCUT2D eigenvalue weighted by Crippen LogP contribution is 2.39. The van der Waals surface area contributed by atoms with Gasteiger partial charge in [-0.15, -0.1) is 0 Å². The van der Waals surface area contributed by atoms with Crippen molar-refractivity contribution < 1.29 is 0 Å². The molecule has 2 aliphatic heterocycles. The van der Waals surface area contributed by atoms with Crippen LogP contribution >= 0.6 is 11.6 Å². The standard InChI is InChI=1S/C13H17ClN2/c14-10-4-1-3-9-6-7-12-11(15)5-2-8-16(12)13(9)10/h1,3-4,11-12H,2,5-8,15H2. The van der Waals surface area contributed by atoms with Gasteiger partial charge in [0.1, 0.15) is 0 Å². The molecule has 2 heterocycles. The van der Waals surface area contributed by atoms with Crippen LogP contribution < -0.4 is 10.6 Å². The summed E-state index contributed by atoms with van der Waals surface area (Å²) in [4.78, 5) is 2.44. The van der Waals surface area contributed by atoms with Crippen LogP contribution in [0, 0.1) is 0 Å². The number of hydrogen-bond donors (Lipinski definition) is 1. The van der Waals surface area contributed by atoms with Crippen LogP contribution in [0.15, 0.2) is 18.2 Å². The van der Waals surface area contributed by atoms with Crippen molar-refractivity contribution in [2.75, 3.05) is 11.4 Å². The molecule has 3 heteroatoms. The summed E-state index contributed by atoms with van der Waals surface area (Å²) in [5.74, 6) is 0. The Morgan fingerprint density at radius 2 is 2.19 bits per heavy atom. The molecule has 1 fully saturated rings. The summed E-state index contributed by atoms with van der Waals surface area (Å²) in [5.41, 5.74) is 8.84. The molecule has 0 amide bonds. The smallest absolute Gasteiger partial charge is 0.0642 e. The molecule has 2 unspecified atom stereocenters. The summed E-state index contributed by atoms with van der Waals surface area (Å²) < 4.78 is 0. The zero-order valence-electron chi connectivity index (χ0n) is 9.32. The average molecular weight is 237 g/mol. The first-order valence-electron chi connectivity index (χ1n) is 6.07. The number of rotatable bonds is 0. The minimum absolute atomic E-state index is 0.318. The van der Waals surface area contributed by atoms with Gasteiger partial charge in [-0.1, -0.05) is 23.7 Å². The molecule has 0 radical (unpaired) electrons. The maximum atomic E-state index is 6.33. The van der Waals surface area contributed by atoms with Crippen molar-refractivity contribution in [3.8, 4) is 0 Å². The van der Waals surface area contributed by atoms with Crippen molar-refractivity contribution in [3.63, 3.8) is 0 Å². The number of nitrogens with two attached hydrogens (primary N) is 1. The Balaban J connectivity index is 2.04. The molecule has 1 aromatic rings. The van der Waals surface area contributed by atoms with E-state index in [0.717, 1.165) is 24.4 Å². The number of anilines is 1. The van der Waals surface area contributed by atoms with Crippen molar-refractivity contribution >= 4 is 17.3 Å². The topological polar surface area (TPSA) is 29.3 Å². The summed E-state index contributed by atoms with van der Waals surface area (Å²) in [6.07, 6.45) is 4.63. The van der Waals surface area contributed by atoms with Crippen molar-refractivity contribution in [3.05, 3.63) is 28.8 Å². The molecule has 2 N–H and O–H groups in total. The van der Waals surface area contributed by atoms with E-state index in [-0.39, 0.29) is 0 Å². The minimum Gasteiger partial charge on any atom is -0.366 e. The maximum Gasteiger partial charge on any atom is 0.0642 e. The second-order valence-electron chi connectivity index (χ2n) is 4.85. The van der Waals surface area contributed by atoms with Gasteiger partial charge in [-0.25, -0.2) is 0 Å². The predicted molar refractivity (Wildman–Crippen MR) is 68.1 cm³/mol. The van der Waals surface area contributed by atoms with Gasteiger partial charge in [-0.3, -0.25) is 0 Å². The highest BCUT2D eigenvalue weighted by molar-refractivity contribution is 6.33. The summed E-state index contributed by atoms with van der Waals surface area (Å²) in [7, 11) is 0. The Morgan fingerprint density at radius 1 is 1.31 bits per heavy atom. The third-order valence-corrected chi connectivity index (χ3v) is 4.20. The van der Waals surface area contributed by atoms with Gasteiger partial charge in [0.2, 0.25) is 0 Å². The van der Waals surface area contributed by atoms with Crippen LogP contribution in [0.2, 0.25) is 5.02 Å². The molecule has 1 aromatic carbocycles. The zero-order chi connectivity index (χ0) is 11.1. The van der Waals surface area contributed by atoms with Gasteiger partial charge >= 0.3 is 0 Å². The first-order valence-corrected chi connectivity index (χ1v) is 6.45.